The van der Waals surface area contributed by atoms with Crippen LogP contribution in [0.5, 0.6) is 0 Å². The average molecular weight is 259 g/mol. The minimum absolute atomic E-state index is 0.407. The van der Waals surface area contributed by atoms with Gasteiger partial charge >= 0.3 is 6.18 Å². The van der Waals surface area contributed by atoms with Crippen LogP contribution in [0.2, 0.25) is 0 Å². The summed E-state index contributed by atoms with van der Waals surface area (Å²) >= 11 is 0. The number of primary amides is 1. The Hall–Kier alpha value is -1.56. The van der Waals surface area contributed by atoms with Gasteiger partial charge in [0.15, 0.2) is 0 Å². The lowest BCUT2D eigenvalue weighted by Crippen LogP contribution is -2.22. The van der Waals surface area contributed by atoms with Crippen LogP contribution in [0, 0.1) is 5.92 Å². The van der Waals surface area contributed by atoms with Gasteiger partial charge in [-0.25, -0.2) is 0 Å². The second-order valence-corrected chi connectivity index (χ2v) is 4.33. The maximum absolute atomic E-state index is 12.4. The molecule has 0 bridgehead atoms. The van der Waals surface area contributed by atoms with Crippen LogP contribution in [0.3, 0.4) is 0 Å². The van der Waals surface area contributed by atoms with Gasteiger partial charge in [0.2, 0.25) is 5.91 Å². The highest BCUT2D eigenvalue weighted by Crippen LogP contribution is 2.54. The molecule has 98 valence electrons. The zero-order chi connectivity index (χ0) is 13.6. The summed E-state index contributed by atoms with van der Waals surface area (Å²) < 4.78 is 42.5. The van der Waals surface area contributed by atoms with E-state index in [2.05, 4.69) is 0 Å². The van der Waals surface area contributed by atoms with E-state index in [4.69, 9.17) is 10.5 Å². The number of halogens is 3. The Balaban J connectivity index is 2.28. The standard InChI is InChI=1S/C12H12F3NO2/c1-18-11(6-9(11)10(16)17)7-2-4-8(5-3-7)12(13,14)15/h2-5,9H,6H2,1H3,(H2,16,17). The summed E-state index contributed by atoms with van der Waals surface area (Å²) in [6.45, 7) is 0. The van der Waals surface area contributed by atoms with E-state index in [1.165, 1.54) is 19.2 Å². The molecule has 0 radical (unpaired) electrons. The highest BCUT2D eigenvalue weighted by Gasteiger charge is 2.59. The number of amides is 1. The van der Waals surface area contributed by atoms with Crippen molar-refractivity contribution < 1.29 is 22.7 Å². The van der Waals surface area contributed by atoms with Gasteiger partial charge in [-0.3, -0.25) is 4.79 Å². The zero-order valence-corrected chi connectivity index (χ0v) is 9.62. The second-order valence-electron chi connectivity index (χ2n) is 4.33. The van der Waals surface area contributed by atoms with Crippen LogP contribution in [0.15, 0.2) is 24.3 Å². The molecule has 2 rings (SSSR count). The SMILES string of the molecule is COC1(c2ccc(C(F)(F)F)cc2)CC1C(N)=O. The maximum Gasteiger partial charge on any atom is 0.416 e. The highest BCUT2D eigenvalue weighted by atomic mass is 19.4. The predicted octanol–water partition coefficient (Wildman–Crippen LogP) is 2.05. The molecule has 0 saturated heterocycles. The van der Waals surface area contributed by atoms with Crippen LogP contribution in [0.4, 0.5) is 13.2 Å². The van der Waals surface area contributed by atoms with Crippen molar-refractivity contribution in [1.29, 1.82) is 0 Å². The number of hydrogen-bond acceptors (Lipinski definition) is 2. The van der Waals surface area contributed by atoms with Gasteiger partial charge in [0, 0.05) is 7.11 Å². The van der Waals surface area contributed by atoms with Crippen LogP contribution in [0.25, 0.3) is 0 Å². The smallest absolute Gasteiger partial charge is 0.373 e. The van der Waals surface area contributed by atoms with Gasteiger partial charge in [-0.15, -0.1) is 0 Å². The molecular weight excluding hydrogens is 247 g/mol. The molecule has 2 N–H and O–H groups in total. The van der Waals surface area contributed by atoms with Crippen LogP contribution in [-0.4, -0.2) is 13.0 Å². The van der Waals surface area contributed by atoms with Gasteiger partial charge in [0.25, 0.3) is 0 Å². The first-order chi connectivity index (χ1) is 8.31. The topological polar surface area (TPSA) is 52.3 Å². The van der Waals surface area contributed by atoms with E-state index in [-0.39, 0.29) is 0 Å². The molecule has 1 aromatic carbocycles. The zero-order valence-electron chi connectivity index (χ0n) is 9.62. The summed E-state index contributed by atoms with van der Waals surface area (Å²) in [5, 5.41) is 0. The van der Waals surface area contributed by atoms with Gasteiger partial charge < -0.3 is 10.5 Å². The maximum atomic E-state index is 12.4. The quantitative estimate of drug-likeness (QED) is 0.903. The number of alkyl halides is 3. The van der Waals surface area contributed by atoms with Gasteiger partial charge in [-0.1, -0.05) is 12.1 Å². The fourth-order valence-electron chi connectivity index (χ4n) is 2.18. The van der Waals surface area contributed by atoms with Crippen LogP contribution >= 0.6 is 0 Å². The Morgan fingerprint density at radius 3 is 2.28 bits per heavy atom. The number of nitrogens with two attached hydrogens (primary N) is 1. The first-order valence-corrected chi connectivity index (χ1v) is 5.33. The normalized spacial score (nSPS) is 27.0. The molecule has 1 fully saturated rings. The lowest BCUT2D eigenvalue weighted by molar-refractivity contribution is -0.137. The minimum atomic E-state index is -4.37. The molecule has 1 aromatic rings. The number of carbonyl (C=O) groups excluding carboxylic acids is 1. The summed E-state index contributed by atoms with van der Waals surface area (Å²) in [6.07, 6.45) is -3.96. The number of rotatable bonds is 3. The first kappa shape index (κ1) is 12.9. The molecule has 0 spiro atoms. The summed E-state index contributed by atoms with van der Waals surface area (Å²) in [6, 6.07) is 4.61. The third-order valence-corrected chi connectivity index (χ3v) is 3.32. The van der Waals surface area contributed by atoms with E-state index in [0.29, 0.717) is 12.0 Å². The van der Waals surface area contributed by atoms with E-state index < -0.39 is 29.2 Å². The summed E-state index contributed by atoms with van der Waals surface area (Å²) in [7, 11) is 1.42. The number of hydrogen-bond donors (Lipinski definition) is 1. The first-order valence-electron chi connectivity index (χ1n) is 5.33. The molecule has 1 aliphatic rings. The molecule has 1 aliphatic carbocycles. The molecule has 18 heavy (non-hydrogen) atoms. The highest BCUT2D eigenvalue weighted by molar-refractivity contribution is 5.82. The van der Waals surface area contributed by atoms with E-state index in [1.54, 1.807) is 0 Å². The fraction of sp³-hybridized carbons (Fsp3) is 0.417. The van der Waals surface area contributed by atoms with Crippen LogP contribution in [-0.2, 0) is 21.3 Å². The molecule has 0 aromatic heterocycles. The second kappa shape index (κ2) is 3.98. The van der Waals surface area contributed by atoms with Gasteiger partial charge in [-0.2, -0.15) is 13.2 Å². The number of ether oxygens (including phenoxy) is 1. The molecular formula is C12H12F3NO2. The van der Waals surface area contributed by atoms with Crippen molar-refractivity contribution in [3.8, 4) is 0 Å². The van der Waals surface area contributed by atoms with Crippen molar-refractivity contribution in [3.63, 3.8) is 0 Å². The minimum Gasteiger partial charge on any atom is -0.373 e. The van der Waals surface area contributed by atoms with E-state index in [1.807, 2.05) is 0 Å². The monoisotopic (exact) mass is 259 g/mol. The van der Waals surface area contributed by atoms with E-state index in [9.17, 15) is 18.0 Å². The van der Waals surface area contributed by atoms with Gasteiger partial charge in [-0.05, 0) is 24.1 Å². The van der Waals surface area contributed by atoms with Gasteiger partial charge in [0.05, 0.1) is 11.5 Å². The van der Waals surface area contributed by atoms with E-state index in [0.717, 1.165) is 12.1 Å². The fourth-order valence-corrected chi connectivity index (χ4v) is 2.18. The van der Waals surface area contributed by atoms with Crippen molar-refractivity contribution in [2.24, 2.45) is 11.7 Å². The van der Waals surface area contributed by atoms with Crippen molar-refractivity contribution in [3.05, 3.63) is 35.4 Å². The molecule has 1 amide bonds. The average Bonchev–Trinajstić information content (AvgIpc) is 3.04. The van der Waals surface area contributed by atoms with Crippen molar-refractivity contribution in [1.82, 2.24) is 0 Å². The van der Waals surface area contributed by atoms with E-state index >= 15 is 0 Å². The summed E-state index contributed by atoms with van der Waals surface area (Å²) in [5.41, 5.74) is 4.15. The summed E-state index contributed by atoms with van der Waals surface area (Å²) in [5.74, 6) is -0.976. The summed E-state index contributed by atoms with van der Waals surface area (Å²) in [4.78, 5) is 11.1. The van der Waals surface area contributed by atoms with Gasteiger partial charge in [0.1, 0.15) is 5.60 Å². The molecule has 2 unspecified atom stereocenters. The Morgan fingerprint density at radius 1 is 1.39 bits per heavy atom. The van der Waals surface area contributed by atoms with Crippen LogP contribution < -0.4 is 5.73 Å². The molecule has 0 heterocycles. The predicted molar refractivity (Wildman–Crippen MR) is 57.4 cm³/mol. The Labute approximate surface area is 102 Å². The van der Waals surface area contributed by atoms with Crippen molar-refractivity contribution >= 4 is 5.91 Å². The molecule has 2 atom stereocenters. The largest absolute Gasteiger partial charge is 0.416 e. The third-order valence-electron chi connectivity index (χ3n) is 3.32. The lowest BCUT2D eigenvalue weighted by atomic mass is 10.0. The lowest BCUT2D eigenvalue weighted by Gasteiger charge is -2.16. The molecule has 3 nitrogen and oxygen atoms in total. The van der Waals surface area contributed by atoms with Crippen molar-refractivity contribution in [2.75, 3.05) is 7.11 Å². The van der Waals surface area contributed by atoms with Crippen molar-refractivity contribution in [2.45, 2.75) is 18.2 Å². The Kier molecular flexibility index (Phi) is 2.85. The Morgan fingerprint density at radius 2 is 1.94 bits per heavy atom. The molecule has 6 heteroatoms. The van der Waals surface area contributed by atoms with Crippen LogP contribution in [0.1, 0.15) is 17.5 Å². The Bertz CT molecular complexity index is 469. The number of carbonyl (C=O) groups is 1. The molecule has 1 saturated carbocycles. The number of benzene rings is 1. The molecule has 0 aliphatic heterocycles. The third kappa shape index (κ3) is 1.96. The number of methoxy groups -OCH3 is 1.